The number of aliphatic carboxylic acids is 1. The first-order chi connectivity index (χ1) is 12.7. The molecular formula is C18H21N3O5S. The van der Waals surface area contributed by atoms with E-state index in [2.05, 4.69) is 9.71 Å². The SMILES string of the molecule is CC(C)(C)Oc1ccc(C[C@@H](NSc2ncccc2[N+](=O)[O-])C(=O)O)cc1. The summed E-state index contributed by atoms with van der Waals surface area (Å²) >= 11 is 0.834. The molecule has 27 heavy (non-hydrogen) atoms. The van der Waals surface area contributed by atoms with Crippen LogP contribution in [-0.2, 0) is 11.2 Å². The molecule has 0 radical (unpaired) electrons. The highest BCUT2D eigenvalue weighted by molar-refractivity contribution is 7.97. The number of hydrogen-bond acceptors (Lipinski definition) is 7. The van der Waals surface area contributed by atoms with Crippen LogP contribution in [-0.4, -0.2) is 32.6 Å². The molecule has 0 aliphatic rings. The Balaban J connectivity index is 2.04. The second-order valence-electron chi connectivity index (χ2n) is 6.76. The first kappa shape index (κ1) is 20.7. The van der Waals surface area contributed by atoms with Gasteiger partial charge in [-0.2, -0.15) is 0 Å². The summed E-state index contributed by atoms with van der Waals surface area (Å²) in [6.07, 6.45) is 1.62. The van der Waals surface area contributed by atoms with Gasteiger partial charge in [-0.25, -0.2) is 9.71 Å². The smallest absolute Gasteiger partial charge is 0.321 e. The predicted octanol–water partition coefficient (Wildman–Crippen LogP) is 3.46. The number of nitrogens with zero attached hydrogens (tertiary/aromatic N) is 2. The average molecular weight is 391 g/mol. The standard InChI is InChI=1S/C18H21N3O5S/c1-18(2,3)26-13-8-6-12(7-9-13)11-14(17(22)23)20-27-16-15(21(24)25)5-4-10-19-16/h4-10,14,20H,11H2,1-3H3,(H,22,23)/t14-/m1/s1. The van der Waals surface area contributed by atoms with Crippen molar-refractivity contribution in [1.82, 2.24) is 9.71 Å². The average Bonchev–Trinajstić information content (AvgIpc) is 2.58. The van der Waals surface area contributed by atoms with Crippen LogP contribution in [0.15, 0.2) is 47.6 Å². The Morgan fingerprint density at radius 2 is 2.00 bits per heavy atom. The third kappa shape index (κ3) is 6.54. The van der Waals surface area contributed by atoms with E-state index in [-0.39, 0.29) is 22.7 Å². The second-order valence-corrected chi connectivity index (χ2v) is 7.58. The molecule has 1 heterocycles. The number of rotatable bonds is 8. The van der Waals surface area contributed by atoms with E-state index in [4.69, 9.17) is 4.74 Å². The van der Waals surface area contributed by atoms with Gasteiger partial charge in [0, 0.05) is 12.3 Å². The van der Waals surface area contributed by atoms with Crippen molar-refractivity contribution < 1.29 is 19.6 Å². The molecule has 0 fully saturated rings. The Morgan fingerprint density at radius 1 is 1.33 bits per heavy atom. The molecule has 2 aromatic rings. The molecule has 1 atom stereocenters. The zero-order chi connectivity index (χ0) is 20.0. The molecule has 144 valence electrons. The molecule has 0 aliphatic carbocycles. The van der Waals surface area contributed by atoms with Crippen molar-refractivity contribution >= 4 is 23.6 Å². The van der Waals surface area contributed by atoms with E-state index in [0.29, 0.717) is 5.75 Å². The van der Waals surface area contributed by atoms with Crippen LogP contribution in [0.3, 0.4) is 0 Å². The molecular weight excluding hydrogens is 370 g/mol. The highest BCUT2D eigenvalue weighted by Gasteiger charge is 2.22. The number of nitrogens with one attached hydrogen (secondary N) is 1. The van der Waals surface area contributed by atoms with E-state index >= 15 is 0 Å². The monoisotopic (exact) mass is 391 g/mol. The van der Waals surface area contributed by atoms with Crippen LogP contribution in [0, 0.1) is 10.1 Å². The number of carboxylic acids is 1. The van der Waals surface area contributed by atoms with Crippen LogP contribution in [0.1, 0.15) is 26.3 Å². The van der Waals surface area contributed by atoms with Crippen molar-refractivity contribution in [3.63, 3.8) is 0 Å². The lowest BCUT2D eigenvalue weighted by Gasteiger charge is -2.21. The molecule has 0 saturated carbocycles. The third-order valence-corrected chi connectivity index (χ3v) is 4.24. The van der Waals surface area contributed by atoms with E-state index in [1.165, 1.54) is 18.3 Å². The van der Waals surface area contributed by atoms with Gasteiger partial charge in [-0.3, -0.25) is 14.9 Å². The van der Waals surface area contributed by atoms with Crippen molar-refractivity contribution in [2.75, 3.05) is 0 Å². The van der Waals surface area contributed by atoms with Crippen LogP contribution in [0.2, 0.25) is 0 Å². The molecule has 1 aromatic carbocycles. The normalized spacial score (nSPS) is 12.4. The van der Waals surface area contributed by atoms with Crippen molar-refractivity contribution in [2.45, 2.75) is 43.9 Å². The summed E-state index contributed by atoms with van der Waals surface area (Å²) in [5.74, 6) is -0.360. The largest absolute Gasteiger partial charge is 0.488 e. The first-order valence-electron chi connectivity index (χ1n) is 8.18. The molecule has 2 rings (SSSR count). The molecule has 2 N–H and O–H groups in total. The van der Waals surface area contributed by atoms with Gasteiger partial charge >= 0.3 is 11.7 Å². The predicted molar refractivity (Wildman–Crippen MR) is 102 cm³/mol. The minimum atomic E-state index is -1.06. The van der Waals surface area contributed by atoms with Crippen molar-refractivity contribution in [3.05, 3.63) is 58.3 Å². The molecule has 0 amide bonds. The Bertz CT molecular complexity index is 805. The maximum absolute atomic E-state index is 11.5. The molecule has 0 aliphatic heterocycles. The number of benzene rings is 1. The van der Waals surface area contributed by atoms with E-state index in [9.17, 15) is 20.0 Å². The number of aromatic nitrogens is 1. The summed E-state index contributed by atoms with van der Waals surface area (Å²) in [4.78, 5) is 25.9. The molecule has 0 spiro atoms. The highest BCUT2D eigenvalue weighted by Crippen LogP contribution is 2.25. The summed E-state index contributed by atoms with van der Waals surface area (Å²) in [7, 11) is 0. The fourth-order valence-corrected chi connectivity index (χ4v) is 2.99. The maximum Gasteiger partial charge on any atom is 0.321 e. The van der Waals surface area contributed by atoms with Crippen LogP contribution >= 0.6 is 11.9 Å². The maximum atomic E-state index is 11.5. The summed E-state index contributed by atoms with van der Waals surface area (Å²) in [6.45, 7) is 5.83. The molecule has 0 unspecified atom stereocenters. The minimum Gasteiger partial charge on any atom is -0.488 e. The highest BCUT2D eigenvalue weighted by atomic mass is 32.2. The van der Waals surface area contributed by atoms with Gasteiger partial charge in [0.05, 0.1) is 4.92 Å². The quantitative estimate of drug-likeness (QED) is 0.399. The Hall–Kier alpha value is -2.65. The number of ether oxygens (including phenoxy) is 1. The first-order valence-corrected chi connectivity index (χ1v) is 9.00. The lowest BCUT2D eigenvalue weighted by molar-refractivity contribution is -0.388. The van der Waals surface area contributed by atoms with E-state index in [0.717, 1.165) is 17.5 Å². The Kier molecular flexibility index (Phi) is 6.75. The van der Waals surface area contributed by atoms with Crippen LogP contribution in [0.4, 0.5) is 5.69 Å². The fourth-order valence-electron chi connectivity index (χ4n) is 2.19. The van der Waals surface area contributed by atoms with Crippen molar-refractivity contribution in [3.8, 4) is 5.75 Å². The van der Waals surface area contributed by atoms with E-state index < -0.39 is 16.9 Å². The van der Waals surface area contributed by atoms with Gasteiger partial charge in [-0.05, 0) is 62.9 Å². The minimum absolute atomic E-state index is 0.114. The van der Waals surface area contributed by atoms with Crippen molar-refractivity contribution in [1.29, 1.82) is 0 Å². The van der Waals surface area contributed by atoms with Gasteiger partial charge in [0.2, 0.25) is 0 Å². The van der Waals surface area contributed by atoms with Crippen LogP contribution in [0.25, 0.3) is 0 Å². The molecule has 0 bridgehead atoms. The molecule has 8 nitrogen and oxygen atoms in total. The van der Waals surface area contributed by atoms with E-state index in [1.54, 1.807) is 24.3 Å². The Labute approximate surface area is 161 Å². The van der Waals surface area contributed by atoms with Gasteiger partial charge in [0.1, 0.15) is 17.4 Å². The number of hydrogen-bond donors (Lipinski definition) is 2. The lowest BCUT2D eigenvalue weighted by Crippen LogP contribution is -2.34. The Morgan fingerprint density at radius 3 is 2.56 bits per heavy atom. The topological polar surface area (TPSA) is 115 Å². The van der Waals surface area contributed by atoms with Crippen LogP contribution < -0.4 is 9.46 Å². The number of carbonyl (C=O) groups is 1. The molecule has 9 heteroatoms. The summed E-state index contributed by atoms with van der Waals surface area (Å²) in [6, 6.07) is 9.01. The summed E-state index contributed by atoms with van der Waals surface area (Å²) in [5.41, 5.74) is 0.302. The number of nitro groups is 1. The van der Waals surface area contributed by atoms with Gasteiger partial charge in [-0.1, -0.05) is 12.1 Å². The molecule has 0 saturated heterocycles. The van der Waals surface area contributed by atoms with E-state index in [1.807, 2.05) is 20.8 Å². The second kappa shape index (κ2) is 8.83. The van der Waals surface area contributed by atoms with Gasteiger partial charge in [-0.15, -0.1) is 0 Å². The third-order valence-electron chi connectivity index (χ3n) is 3.33. The van der Waals surface area contributed by atoms with Gasteiger partial charge in [0.15, 0.2) is 5.03 Å². The molecule has 1 aromatic heterocycles. The fraction of sp³-hybridized carbons (Fsp3) is 0.333. The van der Waals surface area contributed by atoms with Gasteiger partial charge in [0.25, 0.3) is 0 Å². The van der Waals surface area contributed by atoms with Crippen LogP contribution in [0.5, 0.6) is 5.75 Å². The zero-order valence-electron chi connectivity index (χ0n) is 15.2. The van der Waals surface area contributed by atoms with Gasteiger partial charge < -0.3 is 9.84 Å². The number of carboxylic acid groups (broad SMARTS) is 1. The lowest BCUT2D eigenvalue weighted by atomic mass is 10.1. The zero-order valence-corrected chi connectivity index (χ0v) is 16.0. The van der Waals surface area contributed by atoms with Crippen molar-refractivity contribution in [2.24, 2.45) is 0 Å². The number of pyridine rings is 1. The summed E-state index contributed by atoms with van der Waals surface area (Å²) in [5, 5.41) is 20.6. The summed E-state index contributed by atoms with van der Waals surface area (Å²) < 4.78 is 8.49.